The lowest BCUT2D eigenvalue weighted by Crippen LogP contribution is -2.37. The third-order valence-electron chi connectivity index (χ3n) is 3.46. The zero-order valence-electron chi connectivity index (χ0n) is 14.9. The monoisotopic (exact) mass is 475 g/mol. The highest BCUT2D eigenvalue weighted by atomic mass is 127. The lowest BCUT2D eigenvalue weighted by atomic mass is 10.2. The number of aliphatic imine (C=N–C) groups is 1. The van der Waals surface area contributed by atoms with E-state index >= 15 is 0 Å². The van der Waals surface area contributed by atoms with Crippen molar-refractivity contribution in [2.24, 2.45) is 4.99 Å². The molecule has 0 aliphatic heterocycles. The number of nitrogens with one attached hydrogen (secondary N) is 2. The summed E-state index contributed by atoms with van der Waals surface area (Å²) < 4.78 is 10.9. The fourth-order valence-corrected chi connectivity index (χ4v) is 2.97. The minimum absolute atomic E-state index is 0. The molecule has 25 heavy (non-hydrogen) atoms. The second kappa shape index (κ2) is 12.0. The Morgan fingerprint density at radius 3 is 2.68 bits per heavy atom. The predicted octanol–water partition coefficient (Wildman–Crippen LogP) is 3.68. The van der Waals surface area contributed by atoms with E-state index < -0.39 is 0 Å². The quantitative estimate of drug-likeness (QED) is 0.348. The molecule has 2 aromatic rings. The van der Waals surface area contributed by atoms with Gasteiger partial charge in [0.1, 0.15) is 0 Å². The van der Waals surface area contributed by atoms with Gasteiger partial charge in [-0.1, -0.05) is 12.1 Å². The average molecular weight is 475 g/mol. The summed E-state index contributed by atoms with van der Waals surface area (Å²) in [6.45, 7) is 4.10. The Hall–Kier alpha value is -1.48. The summed E-state index contributed by atoms with van der Waals surface area (Å²) in [4.78, 5) is 5.63. The lowest BCUT2D eigenvalue weighted by Gasteiger charge is -2.14. The number of benzene rings is 1. The topological polar surface area (TPSA) is 54.9 Å². The van der Waals surface area contributed by atoms with Crippen molar-refractivity contribution in [3.05, 3.63) is 46.2 Å². The van der Waals surface area contributed by atoms with E-state index in [0.29, 0.717) is 13.2 Å². The van der Waals surface area contributed by atoms with Crippen molar-refractivity contribution >= 4 is 41.3 Å². The molecular weight excluding hydrogens is 449 g/mol. The first-order chi connectivity index (χ1) is 11.8. The van der Waals surface area contributed by atoms with Gasteiger partial charge >= 0.3 is 0 Å². The number of hydrogen-bond acceptors (Lipinski definition) is 4. The van der Waals surface area contributed by atoms with Crippen molar-refractivity contribution in [2.75, 3.05) is 27.3 Å². The zero-order chi connectivity index (χ0) is 17.2. The zero-order valence-corrected chi connectivity index (χ0v) is 18.0. The van der Waals surface area contributed by atoms with Crippen molar-refractivity contribution in [2.45, 2.75) is 19.9 Å². The number of rotatable bonds is 8. The maximum Gasteiger partial charge on any atom is 0.191 e. The number of thiophene rings is 1. The van der Waals surface area contributed by atoms with E-state index in [4.69, 9.17) is 9.47 Å². The van der Waals surface area contributed by atoms with E-state index in [1.54, 1.807) is 25.5 Å². The van der Waals surface area contributed by atoms with Crippen LogP contribution in [0.3, 0.4) is 0 Å². The van der Waals surface area contributed by atoms with E-state index in [9.17, 15) is 0 Å². The van der Waals surface area contributed by atoms with Gasteiger partial charge in [-0.2, -0.15) is 0 Å². The van der Waals surface area contributed by atoms with Crippen LogP contribution < -0.4 is 20.1 Å². The molecule has 0 atom stereocenters. The molecule has 2 rings (SSSR count). The van der Waals surface area contributed by atoms with Gasteiger partial charge in [-0.3, -0.25) is 4.99 Å². The third-order valence-corrected chi connectivity index (χ3v) is 4.39. The summed E-state index contributed by atoms with van der Waals surface area (Å²) in [5.74, 6) is 2.30. The normalized spacial score (nSPS) is 10.8. The first-order valence-corrected chi connectivity index (χ1v) is 8.91. The van der Waals surface area contributed by atoms with E-state index in [1.165, 1.54) is 4.88 Å². The van der Waals surface area contributed by atoms with Crippen molar-refractivity contribution in [3.63, 3.8) is 0 Å². The molecule has 0 unspecified atom stereocenters. The highest BCUT2D eigenvalue weighted by molar-refractivity contribution is 14.0. The van der Waals surface area contributed by atoms with Crippen LogP contribution in [0.15, 0.2) is 40.7 Å². The summed E-state index contributed by atoms with van der Waals surface area (Å²) in [6.07, 6.45) is 0.995. The molecule has 0 aliphatic carbocycles. The maximum atomic E-state index is 5.61. The van der Waals surface area contributed by atoms with Crippen molar-refractivity contribution in [3.8, 4) is 11.5 Å². The largest absolute Gasteiger partial charge is 0.493 e. The fourth-order valence-electron chi connectivity index (χ4n) is 2.26. The first-order valence-electron chi connectivity index (χ1n) is 8.03. The highest BCUT2D eigenvalue weighted by Gasteiger charge is 2.06. The van der Waals surface area contributed by atoms with E-state index in [-0.39, 0.29) is 24.0 Å². The van der Waals surface area contributed by atoms with Crippen molar-refractivity contribution in [1.29, 1.82) is 0 Å². The maximum absolute atomic E-state index is 5.61. The summed E-state index contributed by atoms with van der Waals surface area (Å²) >= 11 is 1.78. The number of halogens is 1. The van der Waals surface area contributed by atoms with Crippen LogP contribution in [0.2, 0.25) is 0 Å². The molecule has 0 aliphatic rings. The summed E-state index contributed by atoms with van der Waals surface area (Å²) in [5, 5.41) is 8.75. The Morgan fingerprint density at radius 2 is 2.04 bits per heavy atom. The Kier molecular flexibility index (Phi) is 10.3. The van der Waals surface area contributed by atoms with E-state index in [0.717, 1.165) is 36.0 Å². The smallest absolute Gasteiger partial charge is 0.191 e. The van der Waals surface area contributed by atoms with Crippen LogP contribution in [0.4, 0.5) is 0 Å². The Balaban J connectivity index is 0.00000312. The molecule has 0 saturated carbocycles. The molecule has 0 fully saturated rings. The second-order valence-corrected chi connectivity index (χ2v) is 6.13. The van der Waals surface area contributed by atoms with Crippen LogP contribution in [0.5, 0.6) is 11.5 Å². The Bertz CT molecular complexity index is 648. The third kappa shape index (κ3) is 7.11. The summed E-state index contributed by atoms with van der Waals surface area (Å²) in [5.41, 5.74) is 1.11. The minimum Gasteiger partial charge on any atom is -0.493 e. The number of ether oxygens (including phenoxy) is 2. The molecule has 0 spiro atoms. The van der Waals surface area contributed by atoms with Gasteiger partial charge in [0.05, 0.1) is 13.7 Å². The van der Waals surface area contributed by atoms with Crippen LogP contribution in [0, 0.1) is 0 Å². The van der Waals surface area contributed by atoms with Crippen LogP contribution in [-0.2, 0) is 13.0 Å². The van der Waals surface area contributed by atoms with Crippen LogP contribution in [-0.4, -0.2) is 33.3 Å². The summed E-state index contributed by atoms with van der Waals surface area (Å²) in [7, 11) is 3.43. The molecule has 7 heteroatoms. The average Bonchev–Trinajstić information content (AvgIpc) is 3.12. The van der Waals surface area contributed by atoms with Gasteiger partial charge in [0.15, 0.2) is 17.5 Å². The van der Waals surface area contributed by atoms with E-state index in [1.807, 2.05) is 25.1 Å². The van der Waals surface area contributed by atoms with Gasteiger partial charge in [0, 0.05) is 25.0 Å². The summed E-state index contributed by atoms with van der Waals surface area (Å²) in [6, 6.07) is 10.2. The standard InChI is InChI=1S/C18H25N3O2S.HI/c1-4-23-17-12-14(7-8-16(17)22-3)13-21-18(19-2)20-10-9-15-6-5-11-24-15;/h5-8,11-12H,4,9-10,13H2,1-3H3,(H2,19,20,21);1H. The SMILES string of the molecule is CCOc1cc(CNC(=NC)NCCc2cccs2)ccc1OC.I. The van der Waals surface area contributed by atoms with Gasteiger partial charge < -0.3 is 20.1 Å². The highest BCUT2D eigenvalue weighted by Crippen LogP contribution is 2.27. The molecule has 1 aromatic carbocycles. The van der Waals surface area contributed by atoms with Gasteiger partial charge in [-0.25, -0.2) is 0 Å². The Labute approximate surface area is 170 Å². The molecule has 0 saturated heterocycles. The van der Waals surface area contributed by atoms with Crippen LogP contribution in [0.1, 0.15) is 17.4 Å². The van der Waals surface area contributed by atoms with Gasteiger partial charge in [0.2, 0.25) is 0 Å². The molecule has 2 N–H and O–H groups in total. The lowest BCUT2D eigenvalue weighted by molar-refractivity contribution is 0.310. The van der Waals surface area contributed by atoms with E-state index in [2.05, 4.69) is 33.1 Å². The fraction of sp³-hybridized carbons (Fsp3) is 0.389. The molecule has 0 radical (unpaired) electrons. The number of nitrogens with zero attached hydrogens (tertiary/aromatic N) is 1. The predicted molar refractivity (Wildman–Crippen MR) is 116 cm³/mol. The molecule has 1 heterocycles. The Morgan fingerprint density at radius 1 is 1.20 bits per heavy atom. The van der Waals surface area contributed by atoms with Crippen molar-refractivity contribution < 1.29 is 9.47 Å². The van der Waals surface area contributed by atoms with Crippen molar-refractivity contribution in [1.82, 2.24) is 10.6 Å². The second-order valence-electron chi connectivity index (χ2n) is 5.10. The van der Waals surface area contributed by atoms with Crippen LogP contribution >= 0.6 is 35.3 Å². The molecule has 1 aromatic heterocycles. The first kappa shape index (κ1) is 21.6. The molecule has 138 valence electrons. The number of methoxy groups -OCH3 is 1. The number of hydrogen-bond donors (Lipinski definition) is 2. The van der Waals surface area contributed by atoms with Gasteiger partial charge in [-0.05, 0) is 42.5 Å². The van der Waals surface area contributed by atoms with Crippen LogP contribution in [0.25, 0.3) is 0 Å². The van der Waals surface area contributed by atoms with Gasteiger partial charge in [0.25, 0.3) is 0 Å². The minimum atomic E-state index is 0. The molecule has 0 amide bonds. The number of guanidine groups is 1. The molecule has 0 bridgehead atoms. The van der Waals surface area contributed by atoms with Gasteiger partial charge in [-0.15, -0.1) is 35.3 Å². The molecule has 5 nitrogen and oxygen atoms in total. The molecular formula is C18H26IN3O2S.